The Morgan fingerprint density at radius 1 is 1.19 bits per heavy atom. The third kappa shape index (κ3) is 3.26. The van der Waals surface area contributed by atoms with Gasteiger partial charge in [-0.2, -0.15) is 0 Å². The van der Waals surface area contributed by atoms with E-state index in [0.29, 0.717) is 0 Å². The van der Waals surface area contributed by atoms with Crippen molar-refractivity contribution in [1.82, 2.24) is 0 Å². The quantitative estimate of drug-likeness (QED) is 0.799. The molecule has 0 bridgehead atoms. The summed E-state index contributed by atoms with van der Waals surface area (Å²) in [7, 11) is 0. The fraction of sp³-hybridized carbons (Fsp3) is 0.529. The molecular weight excluding hydrogens is 268 g/mol. The van der Waals surface area contributed by atoms with E-state index in [0.717, 1.165) is 31.2 Å². The molecule has 21 heavy (non-hydrogen) atoms. The van der Waals surface area contributed by atoms with Gasteiger partial charge in [-0.1, -0.05) is 43.2 Å². The minimum atomic E-state index is -0.289. The van der Waals surface area contributed by atoms with E-state index in [4.69, 9.17) is 9.47 Å². The first kappa shape index (κ1) is 14.1. The average Bonchev–Trinajstić information content (AvgIpc) is 2.83. The molecule has 2 aliphatic rings. The van der Waals surface area contributed by atoms with E-state index in [1.54, 1.807) is 0 Å². The van der Waals surface area contributed by atoms with Crippen LogP contribution in [0.4, 0.5) is 0 Å². The van der Waals surface area contributed by atoms with Crippen LogP contribution < -0.4 is 0 Å². The second kappa shape index (κ2) is 6.29. The number of carbonyl (C=O) groups excluding carboxylic acids is 2. The SMILES string of the molecule is O=C(C[C@@H]1OC(=O)[C@H]2CCCC[C@H]12)OCc1ccccc1. The van der Waals surface area contributed by atoms with Crippen LogP contribution in [0.2, 0.25) is 0 Å². The monoisotopic (exact) mass is 288 g/mol. The lowest BCUT2D eigenvalue weighted by Gasteiger charge is -2.24. The summed E-state index contributed by atoms with van der Waals surface area (Å²) in [4.78, 5) is 23.7. The van der Waals surface area contributed by atoms with E-state index in [9.17, 15) is 9.59 Å². The second-order valence-electron chi connectivity index (χ2n) is 5.88. The van der Waals surface area contributed by atoms with Gasteiger partial charge < -0.3 is 9.47 Å². The first-order valence-electron chi connectivity index (χ1n) is 7.64. The first-order valence-corrected chi connectivity index (χ1v) is 7.64. The number of cyclic esters (lactones) is 1. The summed E-state index contributed by atoms with van der Waals surface area (Å²) in [5, 5.41) is 0. The van der Waals surface area contributed by atoms with Gasteiger partial charge in [0.1, 0.15) is 12.7 Å². The van der Waals surface area contributed by atoms with E-state index in [2.05, 4.69) is 0 Å². The Morgan fingerprint density at radius 3 is 2.76 bits per heavy atom. The van der Waals surface area contributed by atoms with Crippen molar-refractivity contribution in [3.8, 4) is 0 Å². The van der Waals surface area contributed by atoms with Gasteiger partial charge in [-0.05, 0) is 18.4 Å². The molecule has 4 heteroatoms. The number of esters is 2. The zero-order valence-electron chi connectivity index (χ0n) is 12.0. The molecule has 1 saturated heterocycles. The summed E-state index contributed by atoms with van der Waals surface area (Å²) < 4.78 is 10.7. The molecule has 0 unspecified atom stereocenters. The minimum absolute atomic E-state index is 0.00525. The zero-order valence-corrected chi connectivity index (χ0v) is 12.0. The molecule has 1 aromatic carbocycles. The first-order chi connectivity index (χ1) is 10.2. The average molecular weight is 288 g/mol. The molecule has 1 aromatic rings. The Hall–Kier alpha value is -1.84. The number of ether oxygens (including phenoxy) is 2. The van der Waals surface area contributed by atoms with Gasteiger partial charge in [-0.15, -0.1) is 0 Å². The van der Waals surface area contributed by atoms with Crippen LogP contribution in [-0.4, -0.2) is 18.0 Å². The van der Waals surface area contributed by atoms with Crippen LogP contribution in [0.3, 0.4) is 0 Å². The fourth-order valence-electron chi connectivity index (χ4n) is 3.38. The third-order valence-electron chi connectivity index (χ3n) is 4.48. The van der Waals surface area contributed by atoms with Crippen molar-refractivity contribution in [3.05, 3.63) is 35.9 Å². The van der Waals surface area contributed by atoms with Crippen molar-refractivity contribution in [2.24, 2.45) is 11.8 Å². The van der Waals surface area contributed by atoms with Gasteiger partial charge in [0.05, 0.1) is 12.3 Å². The molecule has 3 atom stereocenters. The van der Waals surface area contributed by atoms with Gasteiger partial charge in [0.2, 0.25) is 0 Å². The summed E-state index contributed by atoms with van der Waals surface area (Å²) in [6, 6.07) is 9.58. The summed E-state index contributed by atoms with van der Waals surface area (Å²) in [6.45, 7) is 0.272. The van der Waals surface area contributed by atoms with Gasteiger partial charge in [0, 0.05) is 5.92 Å². The molecule has 0 aromatic heterocycles. The Labute approximate surface area is 124 Å². The highest BCUT2D eigenvalue weighted by atomic mass is 16.6. The van der Waals surface area contributed by atoms with Crippen LogP contribution in [0.5, 0.6) is 0 Å². The highest BCUT2D eigenvalue weighted by molar-refractivity contribution is 5.77. The van der Waals surface area contributed by atoms with Crippen LogP contribution in [0.1, 0.15) is 37.7 Å². The maximum Gasteiger partial charge on any atom is 0.309 e. The highest BCUT2D eigenvalue weighted by Gasteiger charge is 2.46. The van der Waals surface area contributed by atoms with Crippen molar-refractivity contribution in [3.63, 3.8) is 0 Å². The Kier molecular flexibility index (Phi) is 4.23. The largest absolute Gasteiger partial charge is 0.461 e. The predicted molar refractivity (Wildman–Crippen MR) is 76.2 cm³/mol. The van der Waals surface area contributed by atoms with Crippen molar-refractivity contribution in [2.45, 2.75) is 44.8 Å². The summed E-state index contributed by atoms with van der Waals surface area (Å²) >= 11 is 0. The molecule has 0 amide bonds. The second-order valence-corrected chi connectivity index (χ2v) is 5.88. The number of fused-ring (bicyclic) bond motifs is 1. The lowest BCUT2D eigenvalue weighted by atomic mass is 9.77. The van der Waals surface area contributed by atoms with E-state index in [-0.39, 0.29) is 42.9 Å². The number of benzene rings is 1. The van der Waals surface area contributed by atoms with E-state index in [1.165, 1.54) is 0 Å². The normalized spacial score (nSPS) is 27.8. The molecule has 4 nitrogen and oxygen atoms in total. The zero-order chi connectivity index (χ0) is 14.7. The molecule has 3 rings (SSSR count). The molecule has 0 radical (unpaired) electrons. The van der Waals surface area contributed by atoms with Crippen LogP contribution >= 0.6 is 0 Å². The third-order valence-corrected chi connectivity index (χ3v) is 4.48. The summed E-state index contributed by atoms with van der Waals surface area (Å²) in [5.74, 6) is -0.204. The number of rotatable bonds is 4. The maximum absolute atomic E-state index is 11.9. The van der Waals surface area contributed by atoms with Crippen LogP contribution in [0.15, 0.2) is 30.3 Å². The van der Waals surface area contributed by atoms with Gasteiger partial charge in [0.15, 0.2) is 0 Å². The number of hydrogen-bond donors (Lipinski definition) is 0. The lowest BCUT2D eigenvalue weighted by Crippen LogP contribution is -2.26. The van der Waals surface area contributed by atoms with Gasteiger partial charge in [-0.3, -0.25) is 9.59 Å². The topological polar surface area (TPSA) is 52.6 Å². The standard InChI is InChI=1S/C17H20O4/c18-16(20-11-12-6-2-1-3-7-12)10-15-13-8-4-5-9-14(13)17(19)21-15/h1-3,6-7,13-15H,4-5,8-11H2/t13-,14-,15-/m0/s1. The van der Waals surface area contributed by atoms with Gasteiger partial charge in [-0.25, -0.2) is 0 Å². The molecule has 2 fully saturated rings. The molecule has 0 spiro atoms. The van der Waals surface area contributed by atoms with Crippen molar-refractivity contribution in [1.29, 1.82) is 0 Å². The van der Waals surface area contributed by atoms with Crippen LogP contribution in [0, 0.1) is 11.8 Å². The van der Waals surface area contributed by atoms with Crippen LogP contribution in [0.25, 0.3) is 0 Å². The van der Waals surface area contributed by atoms with Gasteiger partial charge in [0.25, 0.3) is 0 Å². The minimum Gasteiger partial charge on any atom is -0.461 e. The van der Waals surface area contributed by atoms with E-state index in [1.807, 2.05) is 30.3 Å². The highest BCUT2D eigenvalue weighted by Crippen LogP contribution is 2.40. The molecular formula is C17H20O4. The van der Waals surface area contributed by atoms with Crippen molar-refractivity contribution >= 4 is 11.9 Å². The lowest BCUT2D eigenvalue weighted by molar-refractivity contribution is -0.151. The molecule has 112 valence electrons. The van der Waals surface area contributed by atoms with Gasteiger partial charge >= 0.3 is 11.9 Å². The molecule has 1 heterocycles. The van der Waals surface area contributed by atoms with Crippen LogP contribution in [-0.2, 0) is 25.7 Å². The smallest absolute Gasteiger partial charge is 0.309 e. The number of hydrogen-bond acceptors (Lipinski definition) is 4. The van der Waals surface area contributed by atoms with Crippen molar-refractivity contribution in [2.75, 3.05) is 0 Å². The maximum atomic E-state index is 11.9. The van der Waals surface area contributed by atoms with E-state index < -0.39 is 0 Å². The Balaban J connectivity index is 1.52. The van der Waals surface area contributed by atoms with Crippen molar-refractivity contribution < 1.29 is 19.1 Å². The predicted octanol–water partition coefficient (Wildman–Crippen LogP) is 2.85. The Morgan fingerprint density at radius 2 is 1.95 bits per heavy atom. The van der Waals surface area contributed by atoms with E-state index >= 15 is 0 Å². The fourth-order valence-corrected chi connectivity index (χ4v) is 3.38. The summed E-state index contributed by atoms with van der Waals surface area (Å²) in [6.07, 6.45) is 3.98. The molecule has 1 saturated carbocycles. The molecule has 0 N–H and O–H groups in total. The number of carbonyl (C=O) groups is 2. The Bertz CT molecular complexity index is 511. The molecule has 1 aliphatic heterocycles. The molecule has 1 aliphatic carbocycles. The summed E-state index contributed by atoms with van der Waals surface area (Å²) in [5.41, 5.74) is 0.963.